The quantitative estimate of drug-likeness (QED) is 0.398. The van der Waals surface area contributed by atoms with E-state index in [1.54, 1.807) is 0 Å². The lowest BCUT2D eigenvalue weighted by Gasteiger charge is -2.02. The maximum Gasteiger partial charge on any atom is 0.0806 e. The van der Waals surface area contributed by atoms with Crippen molar-refractivity contribution in [2.45, 2.75) is 13.3 Å². The van der Waals surface area contributed by atoms with E-state index in [0.29, 0.717) is 0 Å². The molecule has 0 aliphatic carbocycles. The first kappa shape index (κ1) is 8.88. The summed E-state index contributed by atoms with van der Waals surface area (Å²) in [5.41, 5.74) is 2.83. The fraction of sp³-hybridized carbons (Fsp3) is 1.00. The molecular weight excluding hydrogens is 116 g/mol. The van der Waals surface area contributed by atoms with Crippen LogP contribution in [-0.2, 0) is 4.84 Å². The molecule has 0 aliphatic rings. The van der Waals surface area contributed by atoms with Gasteiger partial charge in [-0.05, 0) is 13.5 Å². The molecule has 0 rings (SSSR count). The summed E-state index contributed by atoms with van der Waals surface area (Å²) in [6.45, 7) is 4.67. The molecule has 0 spiro atoms. The van der Waals surface area contributed by atoms with Gasteiger partial charge in [0.15, 0.2) is 0 Å². The van der Waals surface area contributed by atoms with Crippen LogP contribution in [0.15, 0.2) is 0 Å². The molecule has 56 valence electrons. The van der Waals surface area contributed by atoms with Gasteiger partial charge in [-0.3, -0.25) is 0 Å². The number of hydrogen-bond acceptors (Lipinski definition) is 3. The van der Waals surface area contributed by atoms with Crippen LogP contribution in [0.5, 0.6) is 0 Å². The fourth-order valence-electron chi connectivity index (χ4n) is 0.399. The summed E-state index contributed by atoms with van der Waals surface area (Å²) < 4.78 is 0. The Bertz CT molecular complexity index is 44.3. The monoisotopic (exact) mass is 132 g/mol. The van der Waals surface area contributed by atoms with Gasteiger partial charge in [-0.2, -0.15) is 0 Å². The van der Waals surface area contributed by atoms with Crippen molar-refractivity contribution in [1.29, 1.82) is 0 Å². The van der Waals surface area contributed by atoms with E-state index in [1.165, 1.54) is 0 Å². The number of nitrogens with one attached hydrogen (secondary N) is 2. The van der Waals surface area contributed by atoms with E-state index in [0.717, 1.165) is 26.1 Å². The van der Waals surface area contributed by atoms with Crippen molar-refractivity contribution in [2.75, 3.05) is 26.7 Å². The molecule has 0 amide bonds. The highest BCUT2D eigenvalue weighted by atomic mass is 16.6. The molecule has 0 fully saturated rings. The first-order valence-electron chi connectivity index (χ1n) is 3.41. The summed E-state index contributed by atoms with van der Waals surface area (Å²) in [6, 6.07) is 0. The van der Waals surface area contributed by atoms with Crippen molar-refractivity contribution in [3.8, 4) is 0 Å². The van der Waals surface area contributed by atoms with Gasteiger partial charge in [0.1, 0.15) is 0 Å². The lowest BCUT2D eigenvalue weighted by molar-refractivity contribution is 0.0442. The Labute approximate surface area is 56.7 Å². The molecular formula is C6H16N2O. The van der Waals surface area contributed by atoms with Crippen LogP contribution in [0.3, 0.4) is 0 Å². The molecule has 9 heavy (non-hydrogen) atoms. The molecule has 0 radical (unpaired) electrons. The van der Waals surface area contributed by atoms with Gasteiger partial charge in [0.05, 0.1) is 6.61 Å². The standard InChI is InChI=1S/C6H16N2O/c1-3-4-8-9-6-5-7-2/h7-8H,3-6H2,1-2H3. The van der Waals surface area contributed by atoms with E-state index in [4.69, 9.17) is 4.84 Å². The second kappa shape index (κ2) is 7.88. The van der Waals surface area contributed by atoms with Crippen molar-refractivity contribution in [1.82, 2.24) is 10.8 Å². The van der Waals surface area contributed by atoms with Gasteiger partial charge in [-0.1, -0.05) is 6.92 Å². The van der Waals surface area contributed by atoms with Crippen LogP contribution in [0.25, 0.3) is 0 Å². The summed E-state index contributed by atoms with van der Waals surface area (Å²) in [5.74, 6) is 0. The Morgan fingerprint density at radius 1 is 1.33 bits per heavy atom. The summed E-state index contributed by atoms with van der Waals surface area (Å²) in [7, 11) is 1.91. The van der Waals surface area contributed by atoms with Gasteiger partial charge in [-0.25, -0.2) is 5.48 Å². The Balaban J connectivity index is 2.60. The van der Waals surface area contributed by atoms with Crippen LogP contribution in [0.2, 0.25) is 0 Å². The highest BCUT2D eigenvalue weighted by molar-refractivity contribution is 4.33. The average Bonchev–Trinajstić information content (AvgIpc) is 1.89. The van der Waals surface area contributed by atoms with Crippen LogP contribution < -0.4 is 10.8 Å². The predicted molar refractivity (Wildman–Crippen MR) is 38.2 cm³/mol. The second-order valence-corrected chi connectivity index (χ2v) is 1.85. The molecule has 0 aromatic carbocycles. The highest BCUT2D eigenvalue weighted by Gasteiger charge is 1.82. The molecule has 3 nitrogen and oxygen atoms in total. The van der Waals surface area contributed by atoms with Gasteiger partial charge in [-0.15, -0.1) is 0 Å². The second-order valence-electron chi connectivity index (χ2n) is 1.85. The third kappa shape index (κ3) is 7.88. The zero-order chi connectivity index (χ0) is 6.95. The summed E-state index contributed by atoms with van der Waals surface area (Å²) >= 11 is 0. The Morgan fingerprint density at radius 2 is 2.11 bits per heavy atom. The van der Waals surface area contributed by atoms with Crippen molar-refractivity contribution in [3.05, 3.63) is 0 Å². The van der Waals surface area contributed by atoms with E-state index in [9.17, 15) is 0 Å². The first-order chi connectivity index (χ1) is 4.41. The number of rotatable bonds is 6. The first-order valence-corrected chi connectivity index (χ1v) is 3.41. The van der Waals surface area contributed by atoms with E-state index in [2.05, 4.69) is 17.7 Å². The summed E-state index contributed by atoms with van der Waals surface area (Å²) in [4.78, 5) is 5.00. The molecule has 2 N–H and O–H groups in total. The molecule has 3 heteroatoms. The highest BCUT2D eigenvalue weighted by Crippen LogP contribution is 1.69. The lowest BCUT2D eigenvalue weighted by atomic mass is 10.5. The summed E-state index contributed by atoms with van der Waals surface area (Å²) in [6.07, 6.45) is 1.11. The minimum atomic E-state index is 0.733. The zero-order valence-corrected chi connectivity index (χ0v) is 6.24. The number of hydrogen-bond donors (Lipinski definition) is 2. The average molecular weight is 132 g/mol. The molecule has 0 atom stereocenters. The maximum atomic E-state index is 5.00. The van der Waals surface area contributed by atoms with Gasteiger partial charge in [0.2, 0.25) is 0 Å². The minimum absolute atomic E-state index is 0.733. The third-order valence-electron chi connectivity index (χ3n) is 0.908. The van der Waals surface area contributed by atoms with Crippen molar-refractivity contribution < 1.29 is 4.84 Å². The van der Waals surface area contributed by atoms with Crippen LogP contribution in [-0.4, -0.2) is 26.7 Å². The van der Waals surface area contributed by atoms with Gasteiger partial charge in [0.25, 0.3) is 0 Å². The Hall–Kier alpha value is -0.120. The third-order valence-corrected chi connectivity index (χ3v) is 0.908. The van der Waals surface area contributed by atoms with Crippen molar-refractivity contribution in [2.24, 2.45) is 0 Å². The zero-order valence-electron chi connectivity index (χ0n) is 6.24. The molecule has 0 saturated carbocycles. The molecule has 0 saturated heterocycles. The van der Waals surface area contributed by atoms with Crippen LogP contribution in [0.4, 0.5) is 0 Å². The van der Waals surface area contributed by atoms with E-state index < -0.39 is 0 Å². The van der Waals surface area contributed by atoms with E-state index in [-0.39, 0.29) is 0 Å². The van der Waals surface area contributed by atoms with Crippen molar-refractivity contribution in [3.63, 3.8) is 0 Å². The lowest BCUT2D eigenvalue weighted by Crippen LogP contribution is -2.22. The van der Waals surface area contributed by atoms with Gasteiger partial charge < -0.3 is 10.2 Å². The Kier molecular flexibility index (Phi) is 7.77. The summed E-state index contributed by atoms with van der Waals surface area (Å²) in [5, 5.41) is 2.98. The van der Waals surface area contributed by atoms with E-state index >= 15 is 0 Å². The van der Waals surface area contributed by atoms with Crippen LogP contribution >= 0.6 is 0 Å². The minimum Gasteiger partial charge on any atom is -0.317 e. The predicted octanol–water partition coefficient (Wildman–Crippen LogP) is 0.137. The Morgan fingerprint density at radius 3 is 2.67 bits per heavy atom. The molecule has 0 heterocycles. The van der Waals surface area contributed by atoms with Gasteiger partial charge >= 0.3 is 0 Å². The molecule has 0 unspecified atom stereocenters. The normalized spacial score (nSPS) is 10.0. The van der Waals surface area contributed by atoms with Gasteiger partial charge in [0, 0.05) is 13.1 Å². The SMILES string of the molecule is CCCNOCCNC. The molecule has 0 aliphatic heterocycles. The molecule has 0 aromatic heterocycles. The van der Waals surface area contributed by atoms with Crippen LogP contribution in [0.1, 0.15) is 13.3 Å². The van der Waals surface area contributed by atoms with Crippen molar-refractivity contribution >= 4 is 0 Å². The van der Waals surface area contributed by atoms with E-state index in [1.807, 2.05) is 7.05 Å². The van der Waals surface area contributed by atoms with Crippen LogP contribution in [0, 0.1) is 0 Å². The largest absolute Gasteiger partial charge is 0.317 e. The smallest absolute Gasteiger partial charge is 0.0806 e. The number of likely N-dealkylation sites (N-methyl/N-ethyl adjacent to an activating group) is 1. The number of hydroxylamine groups is 1. The molecule has 0 aromatic rings. The maximum absolute atomic E-state index is 5.00. The molecule has 0 bridgehead atoms. The fourth-order valence-corrected chi connectivity index (χ4v) is 0.399. The topological polar surface area (TPSA) is 33.3 Å².